The number of para-hydroxylation sites is 1. The summed E-state index contributed by atoms with van der Waals surface area (Å²) in [5.74, 6) is 0. The van der Waals surface area contributed by atoms with E-state index in [1.165, 1.54) is 10.8 Å². The van der Waals surface area contributed by atoms with Crippen molar-refractivity contribution in [2.45, 2.75) is 0 Å². The molecule has 0 amide bonds. The molecule has 0 saturated carbocycles. The highest BCUT2D eigenvalue weighted by molar-refractivity contribution is 5.89. The highest BCUT2D eigenvalue weighted by Crippen LogP contribution is 2.37. The summed E-state index contributed by atoms with van der Waals surface area (Å²) in [4.78, 5) is 15.0. The van der Waals surface area contributed by atoms with Crippen LogP contribution in [0.2, 0.25) is 0 Å². The van der Waals surface area contributed by atoms with Crippen LogP contribution in [0.4, 0.5) is 34.1 Å². The van der Waals surface area contributed by atoms with Crippen molar-refractivity contribution in [3.05, 3.63) is 126 Å². The zero-order valence-electron chi connectivity index (χ0n) is 18.3. The Bertz CT molecular complexity index is 1380. The van der Waals surface area contributed by atoms with Crippen LogP contribution in [-0.4, -0.2) is 7.05 Å². The maximum atomic E-state index is 10.7. The minimum atomic E-state index is 0.427. The molecule has 4 nitrogen and oxygen atoms in total. The molecule has 0 fully saturated rings. The number of fused-ring (bicyclic) bond motifs is 1. The quantitative estimate of drug-likeness (QED) is 0.254. The van der Waals surface area contributed by atoms with Crippen LogP contribution in [0.1, 0.15) is 0 Å². The van der Waals surface area contributed by atoms with Crippen molar-refractivity contribution in [2.24, 2.45) is 5.18 Å². The first-order valence-electron chi connectivity index (χ1n) is 10.8. The Hall–Kier alpha value is -4.44. The number of anilines is 5. The van der Waals surface area contributed by atoms with Gasteiger partial charge in [-0.3, -0.25) is 0 Å². The van der Waals surface area contributed by atoms with Crippen LogP contribution in [0.25, 0.3) is 10.8 Å². The fraction of sp³-hybridized carbons (Fsp3) is 0.0345. The predicted octanol–water partition coefficient (Wildman–Crippen LogP) is 8.48. The molecular formula is C29H23N3O. The Labute approximate surface area is 193 Å². The van der Waals surface area contributed by atoms with Crippen LogP contribution in [-0.2, 0) is 0 Å². The normalized spacial score (nSPS) is 10.7. The zero-order valence-corrected chi connectivity index (χ0v) is 18.3. The van der Waals surface area contributed by atoms with E-state index in [0.29, 0.717) is 5.69 Å². The van der Waals surface area contributed by atoms with Gasteiger partial charge in [0.15, 0.2) is 0 Å². The van der Waals surface area contributed by atoms with Crippen molar-refractivity contribution in [3.63, 3.8) is 0 Å². The molecule has 0 unspecified atom stereocenters. The Morgan fingerprint density at radius 3 is 1.70 bits per heavy atom. The van der Waals surface area contributed by atoms with Gasteiger partial charge in [0, 0.05) is 35.5 Å². The fourth-order valence-electron chi connectivity index (χ4n) is 4.05. The Morgan fingerprint density at radius 2 is 1.03 bits per heavy atom. The summed E-state index contributed by atoms with van der Waals surface area (Å²) in [6.07, 6.45) is 0. The maximum absolute atomic E-state index is 10.7. The molecule has 0 aliphatic heterocycles. The van der Waals surface area contributed by atoms with Gasteiger partial charge in [-0.05, 0) is 88.7 Å². The van der Waals surface area contributed by atoms with E-state index >= 15 is 0 Å². The van der Waals surface area contributed by atoms with E-state index in [2.05, 4.69) is 106 Å². The standard InChI is InChI=1S/C29H23N3O/c1-31(25-15-12-24(30-33)13-16-25)26-17-19-28(20-18-26)32(27-9-3-2-4-10-27)29-14-11-22-7-5-6-8-23(22)21-29/h2-21H,1H3. The molecular weight excluding hydrogens is 406 g/mol. The van der Waals surface area contributed by atoms with E-state index in [1.807, 2.05) is 25.2 Å². The molecule has 0 radical (unpaired) electrons. The van der Waals surface area contributed by atoms with Crippen molar-refractivity contribution in [1.82, 2.24) is 0 Å². The molecule has 0 spiro atoms. The van der Waals surface area contributed by atoms with Gasteiger partial charge in [0.1, 0.15) is 5.69 Å². The van der Waals surface area contributed by atoms with Crippen molar-refractivity contribution in [2.75, 3.05) is 16.8 Å². The van der Waals surface area contributed by atoms with Crippen LogP contribution in [0.5, 0.6) is 0 Å². The van der Waals surface area contributed by atoms with E-state index in [-0.39, 0.29) is 0 Å². The van der Waals surface area contributed by atoms with E-state index in [4.69, 9.17) is 0 Å². The highest BCUT2D eigenvalue weighted by Gasteiger charge is 2.13. The summed E-state index contributed by atoms with van der Waals surface area (Å²) in [7, 11) is 2.01. The molecule has 33 heavy (non-hydrogen) atoms. The third kappa shape index (κ3) is 4.19. The van der Waals surface area contributed by atoms with Gasteiger partial charge < -0.3 is 9.80 Å². The summed E-state index contributed by atoms with van der Waals surface area (Å²) in [5, 5.41) is 5.41. The summed E-state index contributed by atoms with van der Waals surface area (Å²) < 4.78 is 0. The average molecular weight is 430 g/mol. The van der Waals surface area contributed by atoms with Gasteiger partial charge in [0.05, 0.1) is 0 Å². The second kappa shape index (κ2) is 8.97. The molecule has 0 saturated heterocycles. The summed E-state index contributed by atoms with van der Waals surface area (Å²) in [6, 6.07) is 41.1. The molecule has 4 heteroatoms. The molecule has 5 aromatic rings. The smallest absolute Gasteiger partial charge is 0.108 e. The third-order valence-corrected chi connectivity index (χ3v) is 5.84. The number of rotatable bonds is 6. The molecule has 0 aliphatic rings. The van der Waals surface area contributed by atoms with Crippen LogP contribution < -0.4 is 9.80 Å². The third-order valence-electron chi connectivity index (χ3n) is 5.84. The van der Waals surface area contributed by atoms with E-state index < -0.39 is 0 Å². The van der Waals surface area contributed by atoms with E-state index in [1.54, 1.807) is 12.1 Å². The van der Waals surface area contributed by atoms with Crippen molar-refractivity contribution < 1.29 is 0 Å². The van der Waals surface area contributed by atoms with Crippen molar-refractivity contribution in [3.8, 4) is 0 Å². The van der Waals surface area contributed by atoms with Crippen LogP contribution >= 0.6 is 0 Å². The lowest BCUT2D eigenvalue weighted by Crippen LogP contribution is -2.11. The number of hydrogen-bond acceptors (Lipinski definition) is 4. The lowest BCUT2D eigenvalue weighted by molar-refractivity contribution is 1.20. The molecule has 0 aliphatic carbocycles. The molecule has 0 N–H and O–H groups in total. The van der Waals surface area contributed by atoms with E-state index in [0.717, 1.165) is 28.4 Å². The first-order valence-corrected chi connectivity index (χ1v) is 10.8. The van der Waals surface area contributed by atoms with E-state index in [9.17, 15) is 4.91 Å². The summed E-state index contributed by atoms with van der Waals surface area (Å²) in [5.41, 5.74) is 5.76. The predicted molar refractivity (Wildman–Crippen MR) is 139 cm³/mol. The number of hydrogen-bond donors (Lipinski definition) is 0. The Morgan fingerprint density at radius 1 is 0.515 bits per heavy atom. The van der Waals surface area contributed by atoms with Gasteiger partial charge in [-0.2, -0.15) is 0 Å². The second-order valence-corrected chi connectivity index (χ2v) is 7.89. The summed E-state index contributed by atoms with van der Waals surface area (Å²) in [6.45, 7) is 0. The zero-order chi connectivity index (χ0) is 22.6. The first-order chi connectivity index (χ1) is 16.2. The maximum Gasteiger partial charge on any atom is 0.108 e. The largest absolute Gasteiger partial charge is 0.345 e. The minimum Gasteiger partial charge on any atom is -0.345 e. The molecule has 160 valence electrons. The highest BCUT2D eigenvalue weighted by atomic mass is 16.3. The average Bonchev–Trinajstić information content (AvgIpc) is 2.89. The minimum absolute atomic E-state index is 0.427. The molecule has 0 atom stereocenters. The fourth-order valence-corrected chi connectivity index (χ4v) is 4.05. The number of nitrogens with zero attached hydrogens (tertiary/aromatic N) is 3. The summed E-state index contributed by atoms with van der Waals surface area (Å²) >= 11 is 0. The molecule has 0 bridgehead atoms. The van der Waals surface area contributed by atoms with Gasteiger partial charge in [0.2, 0.25) is 0 Å². The molecule has 0 heterocycles. The Balaban J connectivity index is 1.52. The number of benzene rings is 5. The SMILES string of the molecule is CN(c1ccc(N=O)cc1)c1ccc(N(c2ccccc2)c2ccc3ccccc3c2)cc1. The first kappa shape index (κ1) is 20.5. The van der Waals surface area contributed by atoms with Crippen LogP contribution in [0, 0.1) is 4.91 Å². The van der Waals surface area contributed by atoms with Crippen molar-refractivity contribution >= 4 is 44.9 Å². The Kier molecular flexibility index (Phi) is 5.56. The van der Waals surface area contributed by atoms with Crippen LogP contribution in [0.15, 0.2) is 127 Å². The molecule has 5 aromatic carbocycles. The lowest BCUT2D eigenvalue weighted by atomic mass is 10.1. The monoisotopic (exact) mass is 429 g/mol. The number of nitroso groups, excluding NO2 is 1. The lowest BCUT2D eigenvalue weighted by Gasteiger charge is -2.27. The topological polar surface area (TPSA) is 35.9 Å². The van der Waals surface area contributed by atoms with Gasteiger partial charge in [-0.1, -0.05) is 48.5 Å². The van der Waals surface area contributed by atoms with Crippen LogP contribution in [0.3, 0.4) is 0 Å². The molecule has 5 rings (SSSR count). The van der Waals surface area contributed by atoms with Gasteiger partial charge in [-0.25, -0.2) is 0 Å². The van der Waals surface area contributed by atoms with Crippen molar-refractivity contribution in [1.29, 1.82) is 0 Å². The second-order valence-electron chi connectivity index (χ2n) is 7.89. The van der Waals surface area contributed by atoms with Gasteiger partial charge >= 0.3 is 0 Å². The van der Waals surface area contributed by atoms with Gasteiger partial charge in [-0.15, -0.1) is 4.91 Å². The molecule has 0 aromatic heterocycles. The van der Waals surface area contributed by atoms with Gasteiger partial charge in [0.25, 0.3) is 0 Å².